The zero-order valence-electron chi connectivity index (χ0n) is 8.38. The lowest BCUT2D eigenvalue weighted by Gasteiger charge is -1.99. The molecular formula is C10H10BrN4O+. The number of halogens is 1. The number of aromatic nitrogens is 3. The predicted octanol–water partition coefficient (Wildman–Crippen LogP) is 0.530. The van der Waals surface area contributed by atoms with Crippen LogP contribution in [0.1, 0.15) is 10.4 Å². The molecule has 1 aromatic carbocycles. The van der Waals surface area contributed by atoms with E-state index in [1.807, 2.05) is 18.2 Å². The molecule has 0 aliphatic rings. The molecule has 6 heteroatoms. The molecule has 5 nitrogen and oxygen atoms in total. The summed E-state index contributed by atoms with van der Waals surface area (Å²) in [7, 11) is 0. The molecule has 2 aromatic rings. The average Bonchev–Trinajstić information content (AvgIpc) is 2.64. The Hall–Kier alpha value is -1.69. The number of hydrogen-bond donors (Lipinski definition) is 1. The van der Waals surface area contributed by atoms with Gasteiger partial charge in [-0.3, -0.25) is 10.6 Å². The molecule has 0 radical (unpaired) electrons. The van der Waals surface area contributed by atoms with Crippen molar-refractivity contribution in [2.24, 2.45) is 0 Å². The quantitative estimate of drug-likeness (QED) is 0.507. The zero-order chi connectivity index (χ0) is 11.5. The fraction of sp³-hybridized carbons (Fsp3) is 0.100. The molecule has 0 saturated heterocycles. The SMILES string of the molecule is N[n+]1cnn(CC(=O)c2ccccc2Br)c1. The van der Waals surface area contributed by atoms with Crippen molar-refractivity contribution in [2.45, 2.75) is 6.54 Å². The molecule has 0 saturated carbocycles. The molecule has 0 atom stereocenters. The Morgan fingerprint density at radius 2 is 2.25 bits per heavy atom. The van der Waals surface area contributed by atoms with Gasteiger partial charge in [0.15, 0.2) is 6.54 Å². The Morgan fingerprint density at radius 3 is 2.88 bits per heavy atom. The fourth-order valence-electron chi connectivity index (χ4n) is 1.34. The largest absolute Gasteiger partial charge is 0.290 e. The summed E-state index contributed by atoms with van der Waals surface area (Å²) in [5.74, 6) is 5.42. The van der Waals surface area contributed by atoms with E-state index >= 15 is 0 Å². The van der Waals surface area contributed by atoms with Gasteiger partial charge in [0, 0.05) is 15.1 Å². The third-order valence-electron chi connectivity index (χ3n) is 2.08. The minimum absolute atomic E-state index is 0.0174. The summed E-state index contributed by atoms with van der Waals surface area (Å²) in [6.45, 7) is 0.173. The third kappa shape index (κ3) is 2.27. The maximum atomic E-state index is 11.9. The number of rotatable bonds is 3. The van der Waals surface area contributed by atoms with Crippen LogP contribution in [0.2, 0.25) is 0 Å². The Labute approximate surface area is 101 Å². The molecule has 2 N–H and O–H groups in total. The van der Waals surface area contributed by atoms with E-state index in [0.29, 0.717) is 5.56 Å². The molecule has 0 bridgehead atoms. The van der Waals surface area contributed by atoms with Gasteiger partial charge in [-0.1, -0.05) is 34.1 Å². The normalized spacial score (nSPS) is 10.3. The number of hydrogen-bond acceptors (Lipinski definition) is 3. The van der Waals surface area contributed by atoms with E-state index in [9.17, 15) is 4.79 Å². The molecule has 16 heavy (non-hydrogen) atoms. The number of carbonyl (C=O) groups excluding carboxylic acids is 1. The van der Waals surface area contributed by atoms with Gasteiger partial charge in [-0.2, -0.15) is 0 Å². The number of nitrogens with two attached hydrogens (primary N) is 1. The van der Waals surface area contributed by atoms with Gasteiger partial charge in [-0.15, -0.1) is 9.36 Å². The van der Waals surface area contributed by atoms with Crippen LogP contribution in [0.3, 0.4) is 0 Å². The van der Waals surface area contributed by atoms with E-state index in [1.165, 1.54) is 15.7 Å². The van der Waals surface area contributed by atoms with Crippen molar-refractivity contribution in [1.29, 1.82) is 0 Å². The summed E-state index contributed by atoms with van der Waals surface area (Å²) in [5, 5.41) is 3.93. The highest BCUT2D eigenvalue weighted by atomic mass is 79.9. The van der Waals surface area contributed by atoms with Crippen LogP contribution in [0.25, 0.3) is 0 Å². The van der Waals surface area contributed by atoms with Crippen molar-refractivity contribution in [2.75, 3.05) is 5.84 Å². The highest BCUT2D eigenvalue weighted by Crippen LogP contribution is 2.16. The third-order valence-corrected chi connectivity index (χ3v) is 2.77. The second-order valence-electron chi connectivity index (χ2n) is 3.29. The fourth-order valence-corrected chi connectivity index (χ4v) is 1.85. The highest BCUT2D eigenvalue weighted by Gasteiger charge is 2.14. The molecule has 0 aliphatic heterocycles. The first-order valence-corrected chi connectivity index (χ1v) is 5.42. The van der Waals surface area contributed by atoms with Gasteiger partial charge < -0.3 is 0 Å². The molecule has 1 aromatic heterocycles. The van der Waals surface area contributed by atoms with Gasteiger partial charge in [0.25, 0.3) is 6.33 Å². The van der Waals surface area contributed by atoms with Crippen LogP contribution in [-0.4, -0.2) is 15.6 Å². The molecule has 2 rings (SSSR count). The first-order chi connectivity index (χ1) is 7.66. The number of nitrogen functional groups attached to an aromatic ring is 1. The minimum Gasteiger partial charge on any atom is -0.290 e. The van der Waals surface area contributed by atoms with Gasteiger partial charge in [0.05, 0.1) is 0 Å². The number of nitrogens with zero attached hydrogens (tertiary/aromatic N) is 3. The van der Waals surface area contributed by atoms with E-state index in [0.717, 1.165) is 4.47 Å². The van der Waals surface area contributed by atoms with Crippen molar-refractivity contribution in [3.8, 4) is 0 Å². The van der Waals surface area contributed by atoms with E-state index in [2.05, 4.69) is 21.0 Å². The monoisotopic (exact) mass is 281 g/mol. The lowest BCUT2D eigenvalue weighted by atomic mass is 10.1. The van der Waals surface area contributed by atoms with Gasteiger partial charge in [-0.05, 0) is 6.07 Å². The van der Waals surface area contributed by atoms with Crippen LogP contribution >= 0.6 is 15.9 Å². The number of benzene rings is 1. The van der Waals surface area contributed by atoms with Gasteiger partial charge in [0.2, 0.25) is 12.1 Å². The predicted molar refractivity (Wildman–Crippen MR) is 61.0 cm³/mol. The average molecular weight is 282 g/mol. The Bertz CT molecular complexity index is 523. The molecule has 0 aliphatic carbocycles. The molecule has 0 amide bonds. The van der Waals surface area contributed by atoms with Gasteiger partial charge >= 0.3 is 0 Å². The molecule has 0 unspecified atom stereocenters. The van der Waals surface area contributed by atoms with Crippen LogP contribution in [0.4, 0.5) is 0 Å². The smallest absolute Gasteiger partial charge is 0.286 e. The maximum absolute atomic E-state index is 11.9. The lowest BCUT2D eigenvalue weighted by Crippen LogP contribution is -2.42. The number of Topliss-reactive ketones (excluding diaryl/α,β-unsaturated/α-hetero) is 1. The van der Waals surface area contributed by atoms with E-state index in [4.69, 9.17) is 5.84 Å². The first kappa shape index (κ1) is 10.8. The second kappa shape index (κ2) is 4.44. The topological polar surface area (TPSA) is 64.8 Å². The van der Waals surface area contributed by atoms with Gasteiger partial charge in [0.1, 0.15) is 0 Å². The Balaban J connectivity index is 2.18. The molecule has 0 spiro atoms. The highest BCUT2D eigenvalue weighted by molar-refractivity contribution is 9.10. The van der Waals surface area contributed by atoms with Gasteiger partial charge in [-0.25, -0.2) is 0 Å². The number of carbonyl (C=O) groups is 1. The molecular weight excluding hydrogens is 272 g/mol. The maximum Gasteiger partial charge on any atom is 0.286 e. The van der Waals surface area contributed by atoms with Crippen molar-refractivity contribution < 1.29 is 9.47 Å². The van der Waals surface area contributed by atoms with Crippen molar-refractivity contribution >= 4 is 21.7 Å². The van der Waals surface area contributed by atoms with Crippen LogP contribution in [0.15, 0.2) is 41.4 Å². The summed E-state index contributed by atoms with van der Waals surface area (Å²) in [6, 6.07) is 7.29. The minimum atomic E-state index is -0.0174. The zero-order valence-corrected chi connectivity index (χ0v) is 9.96. The number of ketones is 1. The summed E-state index contributed by atoms with van der Waals surface area (Å²) in [4.78, 5) is 11.9. The van der Waals surface area contributed by atoms with Crippen molar-refractivity contribution in [1.82, 2.24) is 9.78 Å². The lowest BCUT2D eigenvalue weighted by molar-refractivity contribution is -0.639. The van der Waals surface area contributed by atoms with Crippen LogP contribution < -0.4 is 10.5 Å². The Morgan fingerprint density at radius 1 is 1.50 bits per heavy atom. The molecule has 0 fully saturated rings. The summed E-state index contributed by atoms with van der Waals surface area (Å²) in [6.07, 6.45) is 2.99. The summed E-state index contributed by atoms with van der Waals surface area (Å²) >= 11 is 3.34. The van der Waals surface area contributed by atoms with E-state index < -0.39 is 0 Å². The standard InChI is InChI=1S/C10H10BrN4O/c11-9-4-2-1-3-8(9)10(16)5-15-7-14(12)6-13-15/h1-4,6-7H,5,12H2/q+1. The Kier molecular flexibility index (Phi) is 3.00. The van der Waals surface area contributed by atoms with E-state index in [-0.39, 0.29) is 12.3 Å². The van der Waals surface area contributed by atoms with Crippen LogP contribution in [-0.2, 0) is 6.54 Å². The van der Waals surface area contributed by atoms with E-state index in [1.54, 1.807) is 12.4 Å². The molecule has 1 heterocycles. The summed E-state index contributed by atoms with van der Waals surface area (Å²) < 4.78 is 3.57. The van der Waals surface area contributed by atoms with Crippen LogP contribution in [0.5, 0.6) is 0 Å². The van der Waals surface area contributed by atoms with Crippen molar-refractivity contribution in [3.63, 3.8) is 0 Å². The molecule has 82 valence electrons. The van der Waals surface area contributed by atoms with Crippen molar-refractivity contribution in [3.05, 3.63) is 47.0 Å². The first-order valence-electron chi connectivity index (χ1n) is 4.63. The second-order valence-corrected chi connectivity index (χ2v) is 4.15. The summed E-state index contributed by atoms with van der Waals surface area (Å²) in [5.41, 5.74) is 0.640. The van der Waals surface area contributed by atoms with Crippen LogP contribution in [0, 0.1) is 0 Å².